The Morgan fingerprint density at radius 2 is 2.00 bits per heavy atom. The van der Waals surface area contributed by atoms with Crippen molar-refractivity contribution in [3.8, 4) is 0 Å². The summed E-state index contributed by atoms with van der Waals surface area (Å²) < 4.78 is 10.8. The second-order valence-electron chi connectivity index (χ2n) is 3.83. The Kier molecular flexibility index (Phi) is 3.21. The number of rotatable bonds is 2. The van der Waals surface area contributed by atoms with Gasteiger partial charge in [-0.15, -0.1) is 18.2 Å². The topological polar surface area (TPSA) is 18.5 Å². The summed E-state index contributed by atoms with van der Waals surface area (Å²) in [5.41, 5.74) is 0.105. The SMILES string of the molecule is C=CC(Cl)B1OCC(C)(C)CO1. The summed E-state index contributed by atoms with van der Waals surface area (Å²) in [4.78, 5) is 0. The molecule has 2 nitrogen and oxygen atoms in total. The van der Waals surface area contributed by atoms with Crippen LogP contribution in [0.5, 0.6) is 0 Å². The van der Waals surface area contributed by atoms with Crippen LogP contribution in [0, 0.1) is 5.41 Å². The van der Waals surface area contributed by atoms with Crippen LogP contribution >= 0.6 is 11.6 Å². The molecule has 1 atom stereocenters. The summed E-state index contributed by atoms with van der Waals surface area (Å²) in [5.74, 6) is 0. The molecule has 68 valence electrons. The molecule has 0 bridgehead atoms. The number of alkyl halides is 1. The van der Waals surface area contributed by atoms with Crippen molar-refractivity contribution >= 4 is 18.7 Å². The highest BCUT2D eigenvalue weighted by Crippen LogP contribution is 2.23. The van der Waals surface area contributed by atoms with Gasteiger partial charge < -0.3 is 9.31 Å². The third kappa shape index (κ3) is 2.51. The molecule has 4 heteroatoms. The molecule has 1 aliphatic heterocycles. The van der Waals surface area contributed by atoms with Crippen LogP contribution in [0.4, 0.5) is 0 Å². The van der Waals surface area contributed by atoms with E-state index in [0.717, 1.165) is 0 Å². The van der Waals surface area contributed by atoms with Crippen LogP contribution in [0.25, 0.3) is 0 Å². The van der Waals surface area contributed by atoms with Gasteiger partial charge in [0, 0.05) is 18.6 Å². The molecule has 0 aliphatic carbocycles. The minimum Gasteiger partial charge on any atom is -0.409 e. The van der Waals surface area contributed by atoms with Crippen LogP contribution in [0.2, 0.25) is 0 Å². The Balaban J connectivity index is 2.40. The van der Waals surface area contributed by atoms with Gasteiger partial charge in [0.15, 0.2) is 0 Å². The van der Waals surface area contributed by atoms with E-state index >= 15 is 0 Å². The maximum Gasteiger partial charge on any atom is 0.480 e. The lowest BCUT2D eigenvalue weighted by molar-refractivity contribution is 0.0285. The highest BCUT2D eigenvalue weighted by Gasteiger charge is 2.35. The Labute approximate surface area is 79.0 Å². The van der Waals surface area contributed by atoms with Gasteiger partial charge in [-0.05, 0) is 0 Å². The van der Waals surface area contributed by atoms with Gasteiger partial charge in [0.1, 0.15) is 0 Å². The molecule has 0 aromatic rings. The Morgan fingerprint density at radius 1 is 1.50 bits per heavy atom. The molecule has 12 heavy (non-hydrogen) atoms. The highest BCUT2D eigenvalue weighted by atomic mass is 35.5. The first-order valence-electron chi connectivity index (χ1n) is 4.05. The fourth-order valence-electron chi connectivity index (χ4n) is 1.00. The highest BCUT2D eigenvalue weighted by molar-refractivity contribution is 6.60. The maximum atomic E-state index is 5.87. The fraction of sp³-hybridized carbons (Fsp3) is 0.750. The molecule has 0 aromatic carbocycles. The Morgan fingerprint density at radius 3 is 2.42 bits per heavy atom. The lowest BCUT2D eigenvalue weighted by Crippen LogP contribution is -2.45. The van der Waals surface area contributed by atoms with Gasteiger partial charge in [-0.25, -0.2) is 0 Å². The van der Waals surface area contributed by atoms with Crippen LogP contribution in [0.3, 0.4) is 0 Å². The molecule has 0 N–H and O–H groups in total. The van der Waals surface area contributed by atoms with Gasteiger partial charge in [-0.2, -0.15) is 0 Å². The average Bonchev–Trinajstić information content (AvgIpc) is 2.03. The first-order valence-corrected chi connectivity index (χ1v) is 4.49. The first kappa shape index (κ1) is 10.1. The molecule has 0 saturated carbocycles. The molecular formula is C8H14BClO2. The summed E-state index contributed by atoms with van der Waals surface area (Å²) in [7, 11) is -0.322. The molecule has 0 amide bonds. The van der Waals surface area contributed by atoms with Gasteiger partial charge >= 0.3 is 7.12 Å². The molecule has 0 aromatic heterocycles. The number of hydrogen-bond acceptors (Lipinski definition) is 2. The van der Waals surface area contributed by atoms with Crippen molar-refractivity contribution in [1.82, 2.24) is 0 Å². The van der Waals surface area contributed by atoms with Crippen molar-refractivity contribution < 1.29 is 9.31 Å². The molecule has 1 unspecified atom stereocenters. The standard InChI is InChI=1S/C8H14BClO2/c1-4-7(10)9-11-5-8(2,3)6-12-9/h4,7H,1,5-6H2,2-3H3. The van der Waals surface area contributed by atoms with Gasteiger partial charge in [0.05, 0.1) is 5.28 Å². The van der Waals surface area contributed by atoms with E-state index in [1.54, 1.807) is 6.08 Å². The van der Waals surface area contributed by atoms with Crippen molar-refractivity contribution in [2.45, 2.75) is 19.1 Å². The van der Waals surface area contributed by atoms with Crippen LogP contribution in [0.1, 0.15) is 13.8 Å². The maximum absolute atomic E-state index is 5.87. The van der Waals surface area contributed by atoms with Gasteiger partial charge in [-0.1, -0.05) is 19.9 Å². The molecular weight excluding hydrogens is 174 g/mol. The van der Waals surface area contributed by atoms with Crippen LogP contribution in [0.15, 0.2) is 12.7 Å². The summed E-state index contributed by atoms with van der Waals surface area (Å²) in [5, 5.41) is -0.249. The smallest absolute Gasteiger partial charge is 0.409 e. The fourth-order valence-corrected chi connectivity index (χ4v) is 1.15. The molecule has 1 saturated heterocycles. The van der Waals surface area contributed by atoms with Crippen molar-refractivity contribution in [2.24, 2.45) is 5.41 Å². The predicted octanol–water partition coefficient (Wildman–Crippen LogP) is 1.88. The largest absolute Gasteiger partial charge is 0.480 e. The summed E-state index contributed by atoms with van der Waals surface area (Å²) >= 11 is 5.87. The summed E-state index contributed by atoms with van der Waals surface area (Å²) in [6.07, 6.45) is 1.63. The molecule has 1 rings (SSSR count). The van der Waals surface area contributed by atoms with Crippen molar-refractivity contribution in [3.63, 3.8) is 0 Å². The quantitative estimate of drug-likeness (QED) is 0.374. The summed E-state index contributed by atoms with van der Waals surface area (Å²) in [6, 6.07) is 0. The van der Waals surface area contributed by atoms with E-state index in [0.29, 0.717) is 13.2 Å². The number of allylic oxidation sites excluding steroid dienone is 1. The van der Waals surface area contributed by atoms with E-state index in [4.69, 9.17) is 20.9 Å². The van der Waals surface area contributed by atoms with Gasteiger partial charge in [-0.3, -0.25) is 0 Å². The van der Waals surface area contributed by atoms with Crippen LogP contribution in [-0.2, 0) is 9.31 Å². The van der Waals surface area contributed by atoms with Crippen molar-refractivity contribution in [3.05, 3.63) is 12.7 Å². The lowest BCUT2D eigenvalue weighted by atomic mass is 9.80. The second-order valence-corrected chi connectivity index (χ2v) is 4.34. The zero-order valence-corrected chi connectivity index (χ0v) is 8.30. The van der Waals surface area contributed by atoms with Crippen molar-refractivity contribution in [1.29, 1.82) is 0 Å². The average molecular weight is 188 g/mol. The predicted molar refractivity (Wildman–Crippen MR) is 51.3 cm³/mol. The second kappa shape index (κ2) is 3.82. The zero-order chi connectivity index (χ0) is 9.19. The lowest BCUT2D eigenvalue weighted by Gasteiger charge is -2.33. The number of hydrogen-bond donors (Lipinski definition) is 0. The zero-order valence-electron chi connectivity index (χ0n) is 7.55. The molecule has 0 radical (unpaired) electrons. The summed E-state index contributed by atoms with van der Waals surface area (Å²) in [6.45, 7) is 9.15. The molecule has 1 aliphatic rings. The van der Waals surface area contributed by atoms with Crippen LogP contribution < -0.4 is 0 Å². The Hall–Kier alpha value is 0.0149. The van der Waals surface area contributed by atoms with E-state index in [2.05, 4.69) is 20.4 Å². The van der Waals surface area contributed by atoms with Crippen LogP contribution in [-0.4, -0.2) is 25.6 Å². The third-order valence-corrected chi connectivity index (χ3v) is 2.15. The minimum absolute atomic E-state index is 0.105. The molecule has 1 fully saturated rings. The van der Waals surface area contributed by atoms with E-state index < -0.39 is 0 Å². The first-order chi connectivity index (χ1) is 5.55. The number of halogens is 1. The minimum atomic E-state index is -0.322. The molecule has 0 spiro atoms. The van der Waals surface area contributed by atoms with E-state index in [-0.39, 0.29) is 17.8 Å². The van der Waals surface area contributed by atoms with E-state index in [9.17, 15) is 0 Å². The molecule has 1 heterocycles. The van der Waals surface area contributed by atoms with E-state index in [1.807, 2.05) is 0 Å². The van der Waals surface area contributed by atoms with Gasteiger partial charge in [0.2, 0.25) is 0 Å². The monoisotopic (exact) mass is 188 g/mol. The normalized spacial score (nSPS) is 25.1. The Bertz CT molecular complexity index is 162. The third-order valence-electron chi connectivity index (χ3n) is 1.76. The van der Waals surface area contributed by atoms with Crippen molar-refractivity contribution in [2.75, 3.05) is 13.2 Å². The van der Waals surface area contributed by atoms with Gasteiger partial charge in [0.25, 0.3) is 0 Å². The van der Waals surface area contributed by atoms with E-state index in [1.165, 1.54) is 0 Å².